The first-order valence-electron chi connectivity index (χ1n) is 5.88. The Kier molecular flexibility index (Phi) is 4.80. The molecular formula is C13H15BrClN3. The molecule has 0 amide bonds. The topological polar surface area (TPSA) is 43.8 Å². The van der Waals surface area contributed by atoms with Crippen LogP contribution in [0.15, 0.2) is 35.1 Å². The molecule has 0 fully saturated rings. The van der Waals surface area contributed by atoms with Gasteiger partial charge in [-0.2, -0.15) is 0 Å². The summed E-state index contributed by atoms with van der Waals surface area (Å²) >= 11 is 9.51. The number of unbranched alkanes of at least 4 members (excludes halogenated alkanes) is 1. The Morgan fingerprint density at radius 1 is 1.28 bits per heavy atom. The van der Waals surface area contributed by atoms with E-state index in [1.54, 1.807) is 0 Å². The van der Waals surface area contributed by atoms with Gasteiger partial charge in [0.15, 0.2) is 0 Å². The summed E-state index contributed by atoms with van der Waals surface area (Å²) in [7, 11) is 0. The summed E-state index contributed by atoms with van der Waals surface area (Å²) in [5.41, 5.74) is 6.53. The minimum absolute atomic E-state index is 0.705. The molecule has 0 saturated heterocycles. The molecule has 0 atom stereocenters. The predicted molar refractivity (Wildman–Crippen MR) is 78.7 cm³/mol. The third kappa shape index (κ3) is 3.34. The minimum Gasteiger partial charge on any atom is -0.331 e. The van der Waals surface area contributed by atoms with E-state index in [0.29, 0.717) is 5.02 Å². The zero-order chi connectivity index (χ0) is 13.0. The molecular weight excluding hydrogens is 314 g/mol. The van der Waals surface area contributed by atoms with E-state index >= 15 is 0 Å². The first-order valence-corrected chi connectivity index (χ1v) is 7.05. The van der Waals surface area contributed by atoms with Crippen molar-refractivity contribution in [1.29, 1.82) is 0 Å². The summed E-state index contributed by atoms with van der Waals surface area (Å²) in [6, 6.07) is 5.81. The number of halogens is 2. The van der Waals surface area contributed by atoms with Crippen molar-refractivity contribution in [2.45, 2.75) is 19.4 Å². The maximum atomic E-state index is 6.06. The third-order valence-corrected chi connectivity index (χ3v) is 3.37. The SMILES string of the molecule is NCCCCn1ccnc1-c1cc(Cl)cc(Br)c1. The first-order chi connectivity index (χ1) is 8.70. The summed E-state index contributed by atoms with van der Waals surface area (Å²) in [5.74, 6) is 0.940. The van der Waals surface area contributed by atoms with Gasteiger partial charge in [0.05, 0.1) is 0 Å². The van der Waals surface area contributed by atoms with Crippen molar-refractivity contribution in [3.8, 4) is 11.4 Å². The van der Waals surface area contributed by atoms with Crippen LogP contribution in [0.1, 0.15) is 12.8 Å². The normalized spacial score (nSPS) is 10.8. The zero-order valence-electron chi connectivity index (χ0n) is 9.94. The fourth-order valence-corrected chi connectivity index (χ4v) is 2.72. The highest BCUT2D eigenvalue weighted by atomic mass is 79.9. The van der Waals surface area contributed by atoms with Crippen LogP contribution in [0, 0.1) is 0 Å². The minimum atomic E-state index is 0.705. The van der Waals surface area contributed by atoms with Crippen LogP contribution in [-0.2, 0) is 6.54 Å². The quantitative estimate of drug-likeness (QED) is 0.850. The van der Waals surface area contributed by atoms with E-state index in [-0.39, 0.29) is 0 Å². The lowest BCUT2D eigenvalue weighted by atomic mass is 10.2. The van der Waals surface area contributed by atoms with E-state index in [1.165, 1.54) is 0 Å². The smallest absolute Gasteiger partial charge is 0.139 e. The second-order valence-electron chi connectivity index (χ2n) is 4.10. The van der Waals surface area contributed by atoms with Crippen LogP contribution in [0.2, 0.25) is 5.02 Å². The molecule has 96 valence electrons. The van der Waals surface area contributed by atoms with Gasteiger partial charge in [-0.3, -0.25) is 0 Å². The average Bonchev–Trinajstić information content (AvgIpc) is 2.76. The molecule has 0 aliphatic carbocycles. The Balaban J connectivity index is 2.24. The Hall–Kier alpha value is -0.840. The van der Waals surface area contributed by atoms with Gasteiger partial charge in [-0.15, -0.1) is 0 Å². The van der Waals surface area contributed by atoms with Crippen molar-refractivity contribution in [2.24, 2.45) is 5.73 Å². The number of hydrogen-bond acceptors (Lipinski definition) is 2. The molecule has 0 radical (unpaired) electrons. The Bertz CT molecular complexity index is 504. The third-order valence-electron chi connectivity index (χ3n) is 2.69. The number of rotatable bonds is 5. The number of nitrogens with zero attached hydrogens (tertiary/aromatic N) is 2. The lowest BCUT2D eigenvalue weighted by Gasteiger charge is -2.08. The maximum absolute atomic E-state index is 6.06. The molecule has 1 aromatic carbocycles. The predicted octanol–water partition coefficient (Wildman–Crippen LogP) is 3.70. The molecule has 0 aliphatic heterocycles. The van der Waals surface area contributed by atoms with Gasteiger partial charge < -0.3 is 10.3 Å². The second-order valence-corrected chi connectivity index (χ2v) is 5.45. The molecule has 2 N–H and O–H groups in total. The molecule has 0 bridgehead atoms. The highest BCUT2D eigenvalue weighted by Gasteiger charge is 2.07. The van der Waals surface area contributed by atoms with E-state index in [1.807, 2.05) is 30.6 Å². The highest BCUT2D eigenvalue weighted by Crippen LogP contribution is 2.26. The molecule has 18 heavy (non-hydrogen) atoms. The average molecular weight is 329 g/mol. The molecule has 1 aromatic heterocycles. The van der Waals surface area contributed by atoms with Gasteiger partial charge in [0.25, 0.3) is 0 Å². The first kappa shape index (κ1) is 13.6. The van der Waals surface area contributed by atoms with Crippen LogP contribution in [-0.4, -0.2) is 16.1 Å². The molecule has 0 saturated carbocycles. The molecule has 0 spiro atoms. The highest BCUT2D eigenvalue weighted by molar-refractivity contribution is 9.10. The molecule has 2 aromatic rings. The van der Waals surface area contributed by atoms with E-state index in [0.717, 1.165) is 41.8 Å². The molecule has 5 heteroatoms. The van der Waals surface area contributed by atoms with Gasteiger partial charge in [-0.1, -0.05) is 27.5 Å². The van der Waals surface area contributed by atoms with Crippen molar-refractivity contribution in [3.63, 3.8) is 0 Å². The second kappa shape index (κ2) is 6.36. The van der Waals surface area contributed by atoms with Gasteiger partial charge >= 0.3 is 0 Å². The van der Waals surface area contributed by atoms with Crippen molar-refractivity contribution in [1.82, 2.24) is 9.55 Å². The number of hydrogen-bond donors (Lipinski definition) is 1. The Labute approximate surface area is 120 Å². The molecule has 2 rings (SSSR count). The van der Waals surface area contributed by atoms with Gasteiger partial charge in [-0.25, -0.2) is 4.98 Å². The molecule has 0 unspecified atom stereocenters. The number of aromatic nitrogens is 2. The van der Waals surface area contributed by atoms with Crippen LogP contribution in [0.25, 0.3) is 11.4 Å². The van der Waals surface area contributed by atoms with E-state index < -0.39 is 0 Å². The summed E-state index contributed by atoms with van der Waals surface area (Å²) in [6.45, 7) is 1.66. The number of imidazole rings is 1. The van der Waals surface area contributed by atoms with Crippen LogP contribution >= 0.6 is 27.5 Å². The van der Waals surface area contributed by atoms with Gasteiger partial charge in [0.2, 0.25) is 0 Å². The number of nitrogens with two attached hydrogens (primary N) is 1. The summed E-state index contributed by atoms with van der Waals surface area (Å²) in [5, 5.41) is 0.705. The fourth-order valence-electron chi connectivity index (χ4n) is 1.86. The summed E-state index contributed by atoms with van der Waals surface area (Å²) < 4.78 is 3.09. The molecule has 3 nitrogen and oxygen atoms in total. The van der Waals surface area contributed by atoms with Crippen LogP contribution in [0.5, 0.6) is 0 Å². The van der Waals surface area contributed by atoms with Gasteiger partial charge in [0, 0.05) is 34.0 Å². The zero-order valence-corrected chi connectivity index (χ0v) is 12.3. The molecule has 1 heterocycles. The van der Waals surface area contributed by atoms with Crippen molar-refractivity contribution >= 4 is 27.5 Å². The maximum Gasteiger partial charge on any atom is 0.139 e. The van der Waals surface area contributed by atoms with Crippen LogP contribution < -0.4 is 5.73 Å². The lowest BCUT2D eigenvalue weighted by Crippen LogP contribution is -2.04. The summed E-state index contributed by atoms with van der Waals surface area (Å²) in [4.78, 5) is 4.40. The van der Waals surface area contributed by atoms with E-state index in [2.05, 4.69) is 25.5 Å². The van der Waals surface area contributed by atoms with Gasteiger partial charge in [0.1, 0.15) is 5.82 Å². The number of aryl methyl sites for hydroxylation is 1. The Morgan fingerprint density at radius 3 is 2.83 bits per heavy atom. The monoisotopic (exact) mass is 327 g/mol. The fraction of sp³-hybridized carbons (Fsp3) is 0.308. The van der Waals surface area contributed by atoms with Gasteiger partial charge in [-0.05, 0) is 37.6 Å². The van der Waals surface area contributed by atoms with Crippen LogP contribution in [0.4, 0.5) is 0 Å². The van der Waals surface area contributed by atoms with E-state index in [9.17, 15) is 0 Å². The van der Waals surface area contributed by atoms with Crippen molar-refractivity contribution in [3.05, 3.63) is 40.1 Å². The lowest BCUT2D eigenvalue weighted by molar-refractivity contribution is 0.619. The standard InChI is InChI=1S/C13H15BrClN3/c14-11-7-10(8-12(15)9-11)13-17-4-6-18(13)5-2-1-3-16/h4,6-9H,1-3,5,16H2. The number of benzene rings is 1. The van der Waals surface area contributed by atoms with Crippen molar-refractivity contribution in [2.75, 3.05) is 6.54 Å². The van der Waals surface area contributed by atoms with Crippen LogP contribution in [0.3, 0.4) is 0 Å². The Morgan fingerprint density at radius 2 is 2.11 bits per heavy atom. The largest absolute Gasteiger partial charge is 0.331 e. The van der Waals surface area contributed by atoms with E-state index in [4.69, 9.17) is 17.3 Å². The molecule has 0 aliphatic rings. The van der Waals surface area contributed by atoms with Crippen molar-refractivity contribution < 1.29 is 0 Å². The summed E-state index contributed by atoms with van der Waals surface area (Å²) in [6.07, 6.45) is 5.88.